The first-order valence-electron chi connectivity index (χ1n) is 62.5. The summed E-state index contributed by atoms with van der Waals surface area (Å²) >= 11 is 0. The van der Waals surface area contributed by atoms with Crippen molar-refractivity contribution in [2.45, 2.75) is 699 Å². The molecule has 0 atom stereocenters. The molecule has 0 aliphatic carbocycles. The smallest absolute Gasteiger partial charge is 0.799 e. The van der Waals surface area contributed by atoms with E-state index in [0.29, 0.717) is 73.9 Å². The predicted octanol–water partition coefficient (Wildman–Crippen LogP) is 41.4. The third-order valence-electron chi connectivity index (χ3n) is 28.2. The van der Waals surface area contributed by atoms with E-state index in [1.54, 1.807) is 0 Å². The Morgan fingerprint density at radius 2 is 0.137 bits per heavy atom. The molecule has 0 heterocycles. The van der Waals surface area contributed by atoms with Crippen molar-refractivity contribution in [1.29, 1.82) is 0 Å². The third-order valence-corrected chi connectivity index (χ3v) is 40.2. The summed E-state index contributed by atoms with van der Waals surface area (Å²) in [5.74, 6) is 0. The van der Waals surface area contributed by atoms with Gasteiger partial charge in [-0.3, -0.25) is 0 Å². The van der Waals surface area contributed by atoms with Gasteiger partial charge in [0.15, 0.2) is 0 Å². The first kappa shape index (κ1) is 154. The topological polar surface area (TPSA) is 241 Å². The van der Waals surface area contributed by atoms with Gasteiger partial charge in [-0.25, -0.2) is 0 Å². The monoisotopic (exact) mass is 2170 g/mol. The van der Waals surface area contributed by atoms with E-state index in [-0.39, 0.29) is 21.1 Å². The van der Waals surface area contributed by atoms with Crippen LogP contribution in [0.4, 0.5) is 0 Å². The summed E-state index contributed by atoms with van der Waals surface area (Å²) < 4.78 is 72.0. The molecular weight excluding hydrogens is 1920 g/mol. The molecular formula is C120H252MoO12P6. The Hall–Kier alpha value is 1.83. The first-order chi connectivity index (χ1) is 66.7. The maximum absolute atomic E-state index is 12.0. The molecule has 0 rings (SSSR count). The van der Waals surface area contributed by atoms with Gasteiger partial charge in [0.2, 0.25) is 0 Å². The molecule has 0 radical (unpaired) electrons. The zero-order valence-corrected chi connectivity index (χ0v) is 104. The summed E-state index contributed by atoms with van der Waals surface area (Å²) in [5.41, 5.74) is 0. The van der Waals surface area contributed by atoms with E-state index in [4.69, 9.17) is 0 Å². The molecule has 0 unspecified atom stereocenters. The van der Waals surface area contributed by atoms with Gasteiger partial charge in [0.05, 0.1) is 0 Å². The largest absolute Gasteiger partial charge is 6.00 e. The van der Waals surface area contributed by atoms with Crippen LogP contribution in [0.1, 0.15) is 699 Å². The van der Waals surface area contributed by atoms with E-state index in [9.17, 15) is 56.8 Å². The summed E-state index contributed by atoms with van der Waals surface area (Å²) in [5, 5.41) is 0. The second-order valence-electron chi connectivity index (χ2n) is 43.3. The van der Waals surface area contributed by atoms with Gasteiger partial charge in [-0.05, 0) is 151 Å². The van der Waals surface area contributed by atoms with Gasteiger partial charge in [-0.1, -0.05) is 622 Å². The van der Waals surface area contributed by atoms with Crippen molar-refractivity contribution >= 4 is 44.2 Å². The minimum absolute atomic E-state index is 0. The van der Waals surface area contributed by atoms with Crippen LogP contribution in [0.5, 0.6) is 0 Å². The molecule has 0 saturated carbocycles. The van der Waals surface area contributed by atoms with Crippen molar-refractivity contribution in [2.24, 2.45) is 0 Å². The minimum atomic E-state index is -3.07. The Kier molecular flexibility index (Phi) is 140. The standard InChI is InChI=1S/6C20H43O2P.Mo/c6*1-3-5-7-9-11-13-15-17-19-23(21,22)20-18-16-14-12-10-8-6-4-2;/h6*3-20H2,1-2H3,(H,21,22);/q;;;;;;+6/p-6. The molecule has 12 nitrogen and oxygen atoms in total. The minimum Gasteiger partial charge on any atom is -0.799 e. The molecule has 0 spiro atoms. The second-order valence-corrected chi connectivity index (χ2v) is 58.4. The van der Waals surface area contributed by atoms with Gasteiger partial charge >= 0.3 is 21.1 Å². The quantitative estimate of drug-likeness (QED) is 0.0314. The van der Waals surface area contributed by atoms with E-state index >= 15 is 0 Å². The summed E-state index contributed by atoms with van der Waals surface area (Å²) in [6, 6.07) is 0. The van der Waals surface area contributed by atoms with Crippen LogP contribution in [-0.2, 0) is 48.5 Å². The molecule has 840 valence electrons. The van der Waals surface area contributed by atoms with Crippen LogP contribution >= 0.6 is 44.2 Å². The second kappa shape index (κ2) is 127. The Bertz CT molecular complexity index is 1970. The normalized spacial score (nSPS) is 11.9. The maximum atomic E-state index is 12.0. The van der Waals surface area contributed by atoms with E-state index in [2.05, 4.69) is 83.1 Å². The van der Waals surface area contributed by atoms with Gasteiger partial charge < -0.3 is 56.8 Å². The fourth-order valence-corrected chi connectivity index (χ4v) is 28.3. The van der Waals surface area contributed by atoms with E-state index in [0.717, 1.165) is 154 Å². The molecule has 0 aliphatic rings. The maximum Gasteiger partial charge on any atom is 6.00 e. The van der Waals surface area contributed by atoms with Crippen LogP contribution < -0.4 is 29.4 Å². The predicted molar refractivity (Wildman–Crippen MR) is 615 cm³/mol. The number of rotatable bonds is 108. The Morgan fingerprint density at radius 1 is 0.0935 bits per heavy atom. The van der Waals surface area contributed by atoms with Gasteiger partial charge in [0, 0.05) is 44.2 Å². The Balaban J connectivity index is -0.000000300. The van der Waals surface area contributed by atoms with Gasteiger partial charge in [0.1, 0.15) is 0 Å². The number of hydrogen-bond donors (Lipinski definition) is 0. The van der Waals surface area contributed by atoms with Crippen LogP contribution in [0.3, 0.4) is 0 Å². The van der Waals surface area contributed by atoms with Crippen LogP contribution in [-0.4, -0.2) is 73.9 Å². The average molecular weight is 2170 g/mol. The molecule has 0 N–H and O–H groups in total. The first-order valence-corrected chi connectivity index (χ1v) is 74.4. The summed E-state index contributed by atoms with van der Waals surface area (Å²) in [6.07, 6.45) is 122. The van der Waals surface area contributed by atoms with Crippen molar-refractivity contribution in [3.05, 3.63) is 0 Å². The van der Waals surface area contributed by atoms with Crippen molar-refractivity contribution in [3.63, 3.8) is 0 Å². The van der Waals surface area contributed by atoms with E-state index < -0.39 is 44.2 Å². The Morgan fingerprint density at radius 3 is 0.187 bits per heavy atom. The average Bonchev–Trinajstić information content (AvgIpc) is 0.967. The zero-order valence-electron chi connectivity index (χ0n) is 96.4. The Labute approximate surface area is 889 Å². The molecule has 19 heteroatoms. The third kappa shape index (κ3) is 148. The molecule has 0 aliphatic heterocycles. The van der Waals surface area contributed by atoms with Crippen molar-refractivity contribution in [3.8, 4) is 0 Å². The molecule has 139 heavy (non-hydrogen) atoms. The van der Waals surface area contributed by atoms with Gasteiger partial charge in [0.25, 0.3) is 0 Å². The SMILES string of the molecule is CCCCCCCCCCP(=O)([O-])CCCCCCCCCC.CCCCCCCCCCP(=O)([O-])CCCCCCCCCC.CCCCCCCCCCP(=O)([O-])CCCCCCCCCC.CCCCCCCCCCP(=O)([O-])CCCCCCCCCC.CCCCCCCCCCP(=O)([O-])CCCCCCCCCC.CCCCCCCCCCP(=O)([O-])CCCCCCCCCC.[Mo+6]. The van der Waals surface area contributed by atoms with Crippen LogP contribution in [0.2, 0.25) is 0 Å². The van der Waals surface area contributed by atoms with Crippen molar-refractivity contribution in [1.82, 2.24) is 0 Å². The van der Waals surface area contributed by atoms with Gasteiger partial charge in [-0.15, -0.1) is 0 Å². The van der Waals surface area contributed by atoms with Crippen LogP contribution in [0.15, 0.2) is 0 Å². The fraction of sp³-hybridized carbons (Fsp3) is 1.00. The van der Waals surface area contributed by atoms with Crippen LogP contribution in [0.25, 0.3) is 0 Å². The molecule has 0 bridgehead atoms. The van der Waals surface area contributed by atoms with Crippen molar-refractivity contribution in [2.75, 3.05) is 73.9 Å². The number of unbranched alkanes of at least 4 members (excludes halogenated alkanes) is 84. The molecule has 0 saturated heterocycles. The molecule has 0 amide bonds. The molecule has 0 aromatic heterocycles. The summed E-state index contributed by atoms with van der Waals surface area (Å²) in [6.45, 7) is 26.8. The van der Waals surface area contributed by atoms with Crippen LogP contribution in [0, 0.1) is 0 Å². The fourth-order valence-electron chi connectivity index (χ4n) is 18.5. The number of hydrogen-bond acceptors (Lipinski definition) is 12. The molecule has 0 aromatic rings. The van der Waals surface area contributed by atoms with Gasteiger partial charge in [-0.2, -0.15) is 0 Å². The molecule has 0 fully saturated rings. The van der Waals surface area contributed by atoms with E-state index in [1.807, 2.05) is 0 Å². The zero-order chi connectivity index (χ0) is 103. The summed E-state index contributed by atoms with van der Waals surface area (Å²) in [4.78, 5) is 72.0. The van der Waals surface area contributed by atoms with E-state index in [1.165, 1.54) is 462 Å². The molecule has 0 aromatic carbocycles. The van der Waals surface area contributed by atoms with Crippen molar-refractivity contribution < 1.29 is 77.8 Å². The summed E-state index contributed by atoms with van der Waals surface area (Å²) in [7, 11) is -18.4.